The fourth-order valence-electron chi connectivity index (χ4n) is 3.95. The molecular formula is C25H29FN2O6. The van der Waals surface area contributed by atoms with Crippen molar-refractivity contribution in [3.63, 3.8) is 0 Å². The van der Waals surface area contributed by atoms with Gasteiger partial charge in [-0.1, -0.05) is 20.8 Å². The molecule has 2 aromatic carbocycles. The lowest BCUT2D eigenvalue weighted by atomic mass is 9.83. The van der Waals surface area contributed by atoms with Gasteiger partial charge in [-0.3, -0.25) is 10.2 Å². The van der Waals surface area contributed by atoms with Crippen molar-refractivity contribution in [2.75, 3.05) is 19.8 Å². The number of carbonyl (C=O) groups is 2. The van der Waals surface area contributed by atoms with Gasteiger partial charge in [0, 0.05) is 17.7 Å². The van der Waals surface area contributed by atoms with Gasteiger partial charge < -0.3 is 24.6 Å². The Labute approximate surface area is 197 Å². The van der Waals surface area contributed by atoms with Crippen molar-refractivity contribution in [2.24, 2.45) is 0 Å². The molecule has 1 aliphatic rings. The molecule has 0 saturated carbocycles. The highest BCUT2D eigenvalue weighted by Crippen LogP contribution is 2.39. The van der Waals surface area contributed by atoms with Crippen molar-refractivity contribution in [3.05, 3.63) is 51.8 Å². The lowest BCUT2D eigenvalue weighted by molar-refractivity contribution is 0.0693. The molecule has 0 saturated heterocycles. The zero-order valence-electron chi connectivity index (χ0n) is 19.9. The molecule has 2 aromatic rings. The van der Waals surface area contributed by atoms with E-state index in [2.05, 4.69) is 0 Å². The summed E-state index contributed by atoms with van der Waals surface area (Å²) in [7, 11) is 0. The van der Waals surface area contributed by atoms with E-state index < -0.39 is 23.0 Å². The average molecular weight is 473 g/mol. The minimum atomic E-state index is -1.35. The minimum Gasteiger partial charge on any atom is -0.507 e. The molecule has 0 amide bonds. The van der Waals surface area contributed by atoms with Gasteiger partial charge in [0.05, 0.1) is 25.3 Å². The molecule has 9 heteroatoms. The van der Waals surface area contributed by atoms with E-state index in [9.17, 15) is 19.8 Å². The number of benzene rings is 2. The Morgan fingerprint density at radius 3 is 2.35 bits per heavy atom. The monoisotopic (exact) mass is 472 g/mol. The Balaban J connectivity index is 1.95. The van der Waals surface area contributed by atoms with Crippen LogP contribution in [0.3, 0.4) is 0 Å². The van der Waals surface area contributed by atoms with Gasteiger partial charge in [-0.2, -0.15) is 0 Å². The number of hydrogen-bond donors (Lipinski definition) is 3. The van der Waals surface area contributed by atoms with Crippen LogP contribution in [0.4, 0.5) is 4.39 Å². The highest BCUT2D eigenvalue weighted by atomic mass is 19.1. The quantitative estimate of drug-likeness (QED) is 0.489. The second-order valence-corrected chi connectivity index (χ2v) is 9.02. The van der Waals surface area contributed by atoms with E-state index in [-0.39, 0.29) is 59.5 Å². The zero-order chi connectivity index (χ0) is 25.4. The molecule has 1 heterocycles. The Morgan fingerprint density at radius 1 is 1.15 bits per heavy atom. The molecule has 34 heavy (non-hydrogen) atoms. The third-order valence-electron chi connectivity index (χ3n) is 5.58. The van der Waals surface area contributed by atoms with Gasteiger partial charge in [-0.15, -0.1) is 0 Å². The molecule has 0 fully saturated rings. The number of halogens is 1. The van der Waals surface area contributed by atoms with E-state index in [1.165, 1.54) is 11.0 Å². The van der Waals surface area contributed by atoms with Crippen LogP contribution >= 0.6 is 0 Å². The number of carbonyl (C=O) groups excluding carboxylic acids is 1. The number of fused-ring (bicyclic) bond motifs is 1. The summed E-state index contributed by atoms with van der Waals surface area (Å²) in [6.45, 7) is 9.23. The van der Waals surface area contributed by atoms with Crippen LogP contribution in [0.1, 0.15) is 72.0 Å². The van der Waals surface area contributed by atoms with Gasteiger partial charge in [0.25, 0.3) is 0 Å². The van der Waals surface area contributed by atoms with E-state index in [0.29, 0.717) is 17.7 Å². The Morgan fingerprint density at radius 2 is 1.79 bits per heavy atom. The molecule has 0 atom stereocenters. The van der Waals surface area contributed by atoms with E-state index in [1.54, 1.807) is 40.7 Å². The normalized spacial score (nSPS) is 13.1. The van der Waals surface area contributed by atoms with Crippen molar-refractivity contribution in [1.82, 2.24) is 4.90 Å². The lowest BCUT2D eigenvalue weighted by Gasteiger charge is -2.23. The first-order valence-electron chi connectivity index (χ1n) is 11.0. The van der Waals surface area contributed by atoms with Crippen LogP contribution < -0.4 is 9.47 Å². The van der Waals surface area contributed by atoms with Gasteiger partial charge in [0.2, 0.25) is 0 Å². The summed E-state index contributed by atoms with van der Waals surface area (Å²) >= 11 is 0. The van der Waals surface area contributed by atoms with E-state index in [4.69, 9.17) is 14.9 Å². The van der Waals surface area contributed by atoms with Crippen molar-refractivity contribution in [1.29, 1.82) is 5.41 Å². The molecule has 0 spiro atoms. The predicted octanol–water partition coefficient (Wildman–Crippen LogP) is 4.35. The summed E-state index contributed by atoms with van der Waals surface area (Å²) in [5.41, 5.74) is -0.0279. The molecular weight excluding hydrogens is 443 g/mol. The largest absolute Gasteiger partial charge is 0.507 e. The van der Waals surface area contributed by atoms with E-state index in [1.807, 2.05) is 0 Å². The number of amidine groups is 1. The van der Waals surface area contributed by atoms with Gasteiger partial charge in [0.1, 0.15) is 17.1 Å². The number of ether oxygens (including phenoxy) is 2. The smallest absolute Gasteiger partial charge is 0.339 e. The van der Waals surface area contributed by atoms with Crippen molar-refractivity contribution < 1.29 is 33.7 Å². The number of nitrogens with zero attached hydrogens (tertiary/aromatic N) is 1. The summed E-state index contributed by atoms with van der Waals surface area (Å²) in [5.74, 6) is -2.91. The number of phenols is 1. The van der Waals surface area contributed by atoms with Crippen LogP contribution in [-0.4, -0.2) is 52.5 Å². The fourth-order valence-corrected chi connectivity index (χ4v) is 3.95. The molecule has 1 aliphatic heterocycles. The number of aromatic hydroxyl groups is 1. The van der Waals surface area contributed by atoms with Crippen molar-refractivity contribution >= 4 is 17.6 Å². The number of aromatic carboxylic acids is 1. The zero-order valence-corrected chi connectivity index (χ0v) is 19.9. The number of carboxylic acids is 1. The topological polar surface area (TPSA) is 120 Å². The number of carboxylic acid groups (broad SMARTS) is 1. The van der Waals surface area contributed by atoms with Gasteiger partial charge >= 0.3 is 5.97 Å². The SMILES string of the molecule is CCOc1cc2c(c(F)c1OCC)C(=N)N(CC(=O)c1cc(C(=O)O)c(O)c(C(C)(C)C)c1)C2. The summed E-state index contributed by atoms with van der Waals surface area (Å²) in [6.07, 6.45) is 0. The van der Waals surface area contributed by atoms with Crippen LogP contribution in [-0.2, 0) is 12.0 Å². The number of Topliss-reactive ketones (excluding diaryl/α,β-unsaturated/α-hetero) is 1. The number of rotatable bonds is 8. The molecule has 182 valence electrons. The Hall–Kier alpha value is -3.62. The van der Waals surface area contributed by atoms with Crippen LogP contribution in [0.5, 0.6) is 17.2 Å². The van der Waals surface area contributed by atoms with Gasteiger partial charge in [-0.25, -0.2) is 9.18 Å². The Kier molecular flexibility index (Phi) is 6.86. The average Bonchev–Trinajstić information content (AvgIpc) is 3.05. The Bertz CT molecular complexity index is 1170. The van der Waals surface area contributed by atoms with Crippen molar-refractivity contribution in [3.8, 4) is 17.2 Å². The maximum absolute atomic E-state index is 15.2. The summed E-state index contributed by atoms with van der Waals surface area (Å²) in [6, 6.07) is 4.22. The molecule has 0 bridgehead atoms. The van der Waals surface area contributed by atoms with Gasteiger partial charge in [0.15, 0.2) is 23.1 Å². The molecule has 3 rings (SSSR count). The summed E-state index contributed by atoms with van der Waals surface area (Å²) in [4.78, 5) is 26.2. The molecule has 0 aliphatic carbocycles. The number of ketones is 1. The lowest BCUT2D eigenvalue weighted by Crippen LogP contribution is -2.31. The standard InChI is InChI=1S/C25H29FN2O6/c1-6-33-18-10-14-11-28(23(27)19(14)20(26)22(18)34-7-2)12-17(29)13-8-15(24(31)32)21(30)16(9-13)25(3,4)5/h8-10,27,30H,6-7,11-12H2,1-5H3,(H,31,32). The molecule has 8 nitrogen and oxygen atoms in total. The second-order valence-electron chi connectivity index (χ2n) is 9.02. The first-order chi connectivity index (χ1) is 15.9. The van der Waals surface area contributed by atoms with Crippen molar-refractivity contribution in [2.45, 2.75) is 46.6 Å². The highest BCUT2D eigenvalue weighted by molar-refractivity contribution is 6.06. The highest BCUT2D eigenvalue weighted by Gasteiger charge is 2.33. The van der Waals surface area contributed by atoms with Crippen LogP contribution in [0.25, 0.3) is 0 Å². The van der Waals surface area contributed by atoms with E-state index in [0.717, 1.165) is 6.07 Å². The maximum Gasteiger partial charge on any atom is 0.339 e. The van der Waals surface area contributed by atoms with Crippen LogP contribution in [0.15, 0.2) is 18.2 Å². The first kappa shape index (κ1) is 25.0. The molecule has 3 N–H and O–H groups in total. The number of hydrogen-bond acceptors (Lipinski definition) is 6. The van der Waals surface area contributed by atoms with Gasteiger partial charge in [-0.05, 0) is 43.0 Å². The molecule has 0 unspecified atom stereocenters. The van der Waals surface area contributed by atoms with Crippen LogP contribution in [0, 0.1) is 11.2 Å². The molecule has 0 radical (unpaired) electrons. The predicted molar refractivity (Wildman–Crippen MR) is 124 cm³/mol. The summed E-state index contributed by atoms with van der Waals surface area (Å²) in [5, 5.41) is 28.4. The van der Waals surface area contributed by atoms with E-state index >= 15 is 4.39 Å². The molecule has 0 aromatic heterocycles. The summed E-state index contributed by atoms with van der Waals surface area (Å²) < 4.78 is 26.2. The van der Waals surface area contributed by atoms with Crippen LogP contribution in [0.2, 0.25) is 0 Å². The first-order valence-corrected chi connectivity index (χ1v) is 11.0. The maximum atomic E-state index is 15.2. The minimum absolute atomic E-state index is 0.0482. The number of nitrogens with one attached hydrogen (secondary N) is 1. The third-order valence-corrected chi connectivity index (χ3v) is 5.58. The third kappa shape index (κ3) is 4.55. The second kappa shape index (κ2) is 9.32. The fraction of sp³-hybridized carbons (Fsp3) is 0.400.